The van der Waals surface area contributed by atoms with Crippen molar-refractivity contribution in [3.63, 3.8) is 0 Å². The Balaban J connectivity index is 1.85. The smallest absolute Gasteiger partial charge is 0.358 e. The normalized spacial score (nSPS) is 10.3. The first-order valence-electron chi connectivity index (χ1n) is 8.20. The fraction of sp³-hybridized carbons (Fsp3) is 0.0526. The Hall–Kier alpha value is -3.72. The van der Waals surface area contributed by atoms with Crippen molar-refractivity contribution >= 4 is 29.0 Å². The molecule has 8 nitrogen and oxygen atoms in total. The second kappa shape index (κ2) is 8.31. The topological polar surface area (TPSA) is 127 Å². The van der Waals surface area contributed by atoms with Crippen LogP contribution < -0.4 is 16.2 Å². The van der Waals surface area contributed by atoms with E-state index < -0.39 is 23.0 Å². The molecule has 0 aliphatic heterocycles. The molecule has 1 aromatic heterocycles. The molecule has 3 aromatic rings. The first-order valence-corrected chi connectivity index (χ1v) is 8.61. The van der Waals surface area contributed by atoms with Gasteiger partial charge in [0, 0.05) is 12.1 Å². The van der Waals surface area contributed by atoms with Crippen LogP contribution in [-0.4, -0.2) is 31.3 Å². The van der Waals surface area contributed by atoms with Gasteiger partial charge in [-0.15, -0.1) is 0 Å². The lowest BCUT2D eigenvalue weighted by Gasteiger charge is -2.14. The van der Waals surface area contributed by atoms with Crippen LogP contribution in [0.5, 0.6) is 5.75 Å². The van der Waals surface area contributed by atoms with Gasteiger partial charge in [0.2, 0.25) is 5.75 Å². The van der Waals surface area contributed by atoms with Crippen molar-refractivity contribution < 1.29 is 15.0 Å². The highest BCUT2D eigenvalue weighted by Crippen LogP contribution is 2.25. The number of nitrogens with zero attached hydrogens (tertiary/aromatic N) is 1. The van der Waals surface area contributed by atoms with Gasteiger partial charge < -0.3 is 25.8 Å². The quantitative estimate of drug-likeness (QED) is 0.416. The Morgan fingerprint density at radius 1 is 1.11 bits per heavy atom. The first kappa shape index (κ1) is 19.1. The van der Waals surface area contributed by atoms with Crippen LogP contribution >= 0.6 is 12.2 Å². The molecule has 2 aromatic carbocycles. The molecule has 5 N–H and O–H groups in total. The molecule has 0 amide bonds. The van der Waals surface area contributed by atoms with E-state index in [4.69, 9.17) is 17.3 Å². The van der Waals surface area contributed by atoms with E-state index in [1.54, 1.807) is 24.3 Å². The molecule has 0 spiro atoms. The molecule has 142 valence electrons. The van der Waals surface area contributed by atoms with Crippen molar-refractivity contribution in [3.05, 3.63) is 76.2 Å². The summed E-state index contributed by atoms with van der Waals surface area (Å²) >= 11 is 5.31. The number of aromatic hydroxyl groups is 1. The highest BCUT2D eigenvalue weighted by molar-refractivity contribution is 7.80. The SMILES string of the molecule is O=C(O)c1nc(-c2ccccc2NC(=S)NCc2ccccc2)[nH]c(=O)c1O. The predicted molar refractivity (Wildman–Crippen MR) is 108 cm³/mol. The Bertz CT molecular complexity index is 1080. The number of hydrogen-bond donors (Lipinski definition) is 5. The number of aromatic nitrogens is 2. The Morgan fingerprint density at radius 2 is 1.79 bits per heavy atom. The van der Waals surface area contributed by atoms with Crippen LogP contribution in [0.4, 0.5) is 5.69 Å². The summed E-state index contributed by atoms with van der Waals surface area (Å²) in [6.45, 7) is 0.520. The molecule has 9 heteroatoms. The lowest BCUT2D eigenvalue weighted by Crippen LogP contribution is -2.28. The van der Waals surface area contributed by atoms with Crippen LogP contribution in [0, 0.1) is 0 Å². The van der Waals surface area contributed by atoms with Gasteiger partial charge in [-0.25, -0.2) is 9.78 Å². The van der Waals surface area contributed by atoms with Crippen LogP contribution in [0.15, 0.2) is 59.4 Å². The molecule has 0 aliphatic rings. The number of carbonyl (C=O) groups is 1. The predicted octanol–water partition coefficient (Wildman–Crippen LogP) is 2.33. The zero-order chi connectivity index (χ0) is 20.1. The number of anilines is 1. The Kier molecular flexibility index (Phi) is 5.66. The van der Waals surface area contributed by atoms with Gasteiger partial charge in [0.1, 0.15) is 5.82 Å². The lowest BCUT2D eigenvalue weighted by atomic mass is 10.1. The summed E-state index contributed by atoms with van der Waals surface area (Å²) in [7, 11) is 0. The number of rotatable bonds is 5. The van der Waals surface area contributed by atoms with Crippen LogP contribution in [0.2, 0.25) is 0 Å². The van der Waals surface area contributed by atoms with Gasteiger partial charge in [-0.1, -0.05) is 42.5 Å². The summed E-state index contributed by atoms with van der Waals surface area (Å²) in [6, 6.07) is 16.5. The summed E-state index contributed by atoms with van der Waals surface area (Å²) in [4.78, 5) is 29.3. The fourth-order valence-corrected chi connectivity index (χ4v) is 2.67. The minimum absolute atomic E-state index is 0.00541. The van der Waals surface area contributed by atoms with Crippen LogP contribution in [0.3, 0.4) is 0 Å². The molecule has 3 rings (SSSR count). The third-order valence-electron chi connectivity index (χ3n) is 3.82. The molecule has 0 unspecified atom stereocenters. The number of aromatic amines is 1. The zero-order valence-electron chi connectivity index (χ0n) is 14.5. The number of aromatic carboxylic acids is 1. The van der Waals surface area contributed by atoms with E-state index in [0.29, 0.717) is 22.9 Å². The molecule has 0 fully saturated rings. The van der Waals surface area contributed by atoms with Gasteiger partial charge in [-0.3, -0.25) is 4.79 Å². The summed E-state index contributed by atoms with van der Waals surface area (Å²) in [5.41, 5.74) is 0.320. The maximum atomic E-state index is 11.9. The molecular formula is C19H16N4O4S. The van der Waals surface area contributed by atoms with Crippen molar-refractivity contribution in [1.82, 2.24) is 15.3 Å². The van der Waals surface area contributed by atoms with Gasteiger partial charge in [0.25, 0.3) is 5.56 Å². The van der Waals surface area contributed by atoms with E-state index in [2.05, 4.69) is 20.6 Å². The van der Waals surface area contributed by atoms with Crippen molar-refractivity contribution in [2.45, 2.75) is 6.54 Å². The third-order valence-corrected chi connectivity index (χ3v) is 4.07. The number of carboxylic acid groups (broad SMARTS) is 1. The van der Waals surface area contributed by atoms with Gasteiger partial charge in [0.05, 0.1) is 5.69 Å². The molecule has 1 heterocycles. The Morgan fingerprint density at radius 3 is 2.50 bits per heavy atom. The van der Waals surface area contributed by atoms with Crippen molar-refractivity contribution in [3.8, 4) is 17.1 Å². The number of H-pyrrole nitrogens is 1. The lowest BCUT2D eigenvalue weighted by molar-refractivity contribution is 0.0686. The molecule has 0 aliphatic carbocycles. The van der Waals surface area contributed by atoms with Crippen LogP contribution in [-0.2, 0) is 6.54 Å². The van der Waals surface area contributed by atoms with Gasteiger partial charge >= 0.3 is 5.97 Å². The average Bonchev–Trinajstić information content (AvgIpc) is 2.69. The molecule has 28 heavy (non-hydrogen) atoms. The van der Waals surface area contributed by atoms with Gasteiger partial charge in [0.15, 0.2) is 10.8 Å². The molecule has 0 saturated heterocycles. The van der Waals surface area contributed by atoms with E-state index in [1.165, 1.54) is 0 Å². The number of para-hydroxylation sites is 1. The summed E-state index contributed by atoms with van der Waals surface area (Å²) in [5.74, 6) is -2.45. The van der Waals surface area contributed by atoms with E-state index in [0.717, 1.165) is 5.56 Å². The molecule has 0 saturated carbocycles. The van der Waals surface area contributed by atoms with E-state index in [1.807, 2.05) is 30.3 Å². The number of carboxylic acids is 1. The minimum Gasteiger partial charge on any atom is -0.501 e. The van der Waals surface area contributed by atoms with Crippen molar-refractivity contribution in [2.75, 3.05) is 5.32 Å². The highest BCUT2D eigenvalue weighted by Gasteiger charge is 2.18. The number of benzene rings is 2. The maximum Gasteiger partial charge on any atom is 0.358 e. The standard InChI is InChI=1S/C19H16N4O4S/c24-15-14(18(26)27)22-16(23-17(15)25)12-8-4-5-9-13(12)21-19(28)20-10-11-6-2-1-3-7-11/h1-9,24H,10H2,(H,26,27)(H2,20,21,28)(H,22,23,25). The molecule has 0 atom stereocenters. The van der Waals surface area contributed by atoms with E-state index >= 15 is 0 Å². The number of thiocarbonyl (C=S) groups is 1. The number of nitrogens with one attached hydrogen (secondary N) is 3. The summed E-state index contributed by atoms with van der Waals surface area (Å²) in [5, 5.41) is 25.2. The van der Waals surface area contributed by atoms with E-state index in [-0.39, 0.29) is 5.82 Å². The number of hydrogen-bond acceptors (Lipinski definition) is 5. The van der Waals surface area contributed by atoms with E-state index in [9.17, 15) is 14.7 Å². The minimum atomic E-state index is -1.50. The second-order valence-corrected chi connectivity index (χ2v) is 6.16. The van der Waals surface area contributed by atoms with Crippen molar-refractivity contribution in [2.24, 2.45) is 0 Å². The van der Waals surface area contributed by atoms with Gasteiger partial charge in [-0.2, -0.15) is 0 Å². The summed E-state index contributed by atoms with van der Waals surface area (Å²) in [6.07, 6.45) is 0. The first-order chi connectivity index (χ1) is 13.5. The molecule has 0 radical (unpaired) electrons. The van der Waals surface area contributed by atoms with Crippen molar-refractivity contribution in [1.29, 1.82) is 0 Å². The zero-order valence-corrected chi connectivity index (χ0v) is 15.3. The average molecular weight is 396 g/mol. The third kappa shape index (κ3) is 4.33. The van der Waals surface area contributed by atoms with Crippen LogP contribution in [0.1, 0.15) is 16.1 Å². The maximum absolute atomic E-state index is 11.9. The summed E-state index contributed by atoms with van der Waals surface area (Å²) < 4.78 is 0. The monoisotopic (exact) mass is 396 g/mol. The molecule has 0 bridgehead atoms. The van der Waals surface area contributed by atoms with Crippen LogP contribution in [0.25, 0.3) is 11.4 Å². The molecular weight excluding hydrogens is 380 g/mol. The van der Waals surface area contributed by atoms with Gasteiger partial charge in [-0.05, 0) is 29.9 Å². The highest BCUT2D eigenvalue weighted by atomic mass is 32.1. The largest absolute Gasteiger partial charge is 0.501 e. The Labute approximate surface area is 164 Å². The fourth-order valence-electron chi connectivity index (χ4n) is 2.49. The second-order valence-electron chi connectivity index (χ2n) is 5.76.